The van der Waals surface area contributed by atoms with Gasteiger partial charge in [0.25, 0.3) is 0 Å². The summed E-state index contributed by atoms with van der Waals surface area (Å²) in [6.07, 6.45) is 1.19. The van der Waals surface area contributed by atoms with Crippen molar-refractivity contribution in [2.75, 3.05) is 6.54 Å². The fourth-order valence-corrected chi connectivity index (χ4v) is 2.09. The predicted molar refractivity (Wildman–Crippen MR) is 45.0 cm³/mol. The van der Waals surface area contributed by atoms with Gasteiger partial charge in [-0.15, -0.1) is 0 Å². The lowest BCUT2D eigenvalue weighted by Gasteiger charge is -2.32. The highest BCUT2D eigenvalue weighted by molar-refractivity contribution is 5.85. The van der Waals surface area contributed by atoms with Gasteiger partial charge in [0.1, 0.15) is 0 Å². The Morgan fingerprint density at radius 1 is 1.50 bits per heavy atom. The van der Waals surface area contributed by atoms with Gasteiger partial charge >= 0.3 is 0 Å². The van der Waals surface area contributed by atoms with E-state index in [4.69, 9.17) is 0 Å². The van der Waals surface area contributed by atoms with E-state index < -0.39 is 0 Å². The zero-order valence-corrected chi connectivity index (χ0v) is 7.48. The Balaban J connectivity index is 2.22. The van der Waals surface area contributed by atoms with Gasteiger partial charge in [-0.05, 0) is 6.42 Å². The van der Waals surface area contributed by atoms with E-state index in [9.17, 15) is 4.79 Å². The quantitative estimate of drug-likeness (QED) is 0.462. The lowest BCUT2D eigenvalue weighted by Crippen LogP contribution is -2.54. The Morgan fingerprint density at radius 3 is 2.92 bits per heavy atom. The molecule has 2 aliphatic heterocycles. The van der Waals surface area contributed by atoms with Crippen LogP contribution in [0.15, 0.2) is 0 Å². The summed E-state index contributed by atoms with van der Waals surface area (Å²) in [6.45, 7) is 4.97. The fourth-order valence-electron chi connectivity index (χ4n) is 2.09. The minimum atomic E-state index is -0.209. The topological polar surface area (TPSA) is 53.2 Å². The van der Waals surface area contributed by atoms with E-state index in [0.29, 0.717) is 5.92 Å². The zero-order chi connectivity index (χ0) is 8.77. The highest BCUT2D eigenvalue weighted by Crippen LogP contribution is 2.37. The average Bonchev–Trinajstić information content (AvgIpc) is 2.25. The lowest BCUT2D eigenvalue weighted by molar-refractivity contribution is -0.127. The highest BCUT2D eigenvalue weighted by Gasteiger charge is 2.49. The number of amides is 1. The van der Waals surface area contributed by atoms with Gasteiger partial charge < -0.3 is 5.32 Å². The molecule has 1 amide bonds. The largest absolute Gasteiger partial charge is 0.339 e. The normalized spacial score (nSPS) is 39.0. The van der Waals surface area contributed by atoms with Crippen LogP contribution in [-0.2, 0) is 4.79 Å². The van der Waals surface area contributed by atoms with Gasteiger partial charge in [0.05, 0.1) is 6.17 Å². The maximum atomic E-state index is 11.5. The number of carbonyl (C=O) groups excluding carboxylic acids is 1. The summed E-state index contributed by atoms with van der Waals surface area (Å²) < 4.78 is 0. The summed E-state index contributed by atoms with van der Waals surface area (Å²) in [5.41, 5.74) is 5.93. The monoisotopic (exact) mass is 169 g/mol. The van der Waals surface area contributed by atoms with E-state index in [1.165, 1.54) is 0 Å². The highest BCUT2D eigenvalue weighted by atomic mass is 16.2. The van der Waals surface area contributed by atoms with Crippen molar-refractivity contribution < 1.29 is 4.79 Å². The molecule has 0 aliphatic carbocycles. The van der Waals surface area contributed by atoms with Crippen LogP contribution in [0.1, 0.15) is 20.3 Å². The molecular formula is C8H15N3O. The second-order valence-corrected chi connectivity index (χ2v) is 4.14. The second-order valence-electron chi connectivity index (χ2n) is 4.14. The van der Waals surface area contributed by atoms with Gasteiger partial charge in [0, 0.05) is 17.9 Å². The van der Waals surface area contributed by atoms with Crippen LogP contribution in [-0.4, -0.2) is 18.6 Å². The van der Waals surface area contributed by atoms with E-state index >= 15 is 0 Å². The minimum Gasteiger partial charge on any atom is -0.339 e. The van der Waals surface area contributed by atoms with Crippen molar-refractivity contribution in [3.63, 3.8) is 0 Å². The summed E-state index contributed by atoms with van der Waals surface area (Å²) in [5.74, 6) is 0.583. The second kappa shape index (κ2) is 2.44. The Hall–Kier alpha value is -0.610. The Bertz CT molecular complexity index is 214. The van der Waals surface area contributed by atoms with Crippen molar-refractivity contribution in [2.24, 2.45) is 11.3 Å². The number of carbonyl (C=O) groups is 1. The van der Waals surface area contributed by atoms with Crippen molar-refractivity contribution in [1.82, 2.24) is 16.2 Å². The summed E-state index contributed by atoms with van der Waals surface area (Å²) in [6, 6.07) is 0. The van der Waals surface area contributed by atoms with Crippen LogP contribution in [0.4, 0.5) is 0 Å². The first-order valence-electron chi connectivity index (χ1n) is 4.42. The van der Waals surface area contributed by atoms with Gasteiger partial charge in [0.15, 0.2) is 0 Å². The molecule has 2 rings (SSSR count). The standard InChI is InChI=1S/C8H15N3O/c1-8(2)5-3-4-9-11-6(5)10-7(8)12/h5-6,9,11H,3-4H2,1-2H3,(H,10,12). The Labute approximate surface area is 72.1 Å². The molecule has 68 valence electrons. The molecule has 0 spiro atoms. The van der Waals surface area contributed by atoms with E-state index in [1.807, 2.05) is 13.8 Å². The van der Waals surface area contributed by atoms with E-state index in [1.54, 1.807) is 0 Å². The third kappa shape index (κ3) is 0.949. The van der Waals surface area contributed by atoms with Crippen molar-refractivity contribution in [2.45, 2.75) is 26.4 Å². The Morgan fingerprint density at radius 2 is 2.25 bits per heavy atom. The summed E-state index contributed by atoms with van der Waals surface area (Å²) in [5, 5.41) is 2.93. The molecule has 0 aromatic carbocycles. The van der Waals surface area contributed by atoms with Crippen molar-refractivity contribution in [1.29, 1.82) is 0 Å². The zero-order valence-electron chi connectivity index (χ0n) is 7.48. The van der Waals surface area contributed by atoms with Crippen molar-refractivity contribution in [3.05, 3.63) is 0 Å². The molecular weight excluding hydrogens is 154 g/mol. The molecule has 2 fully saturated rings. The first-order valence-corrected chi connectivity index (χ1v) is 4.42. The van der Waals surface area contributed by atoms with Crippen LogP contribution < -0.4 is 16.2 Å². The molecule has 0 bridgehead atoms. The maximum absolute atomic E-state index is 11.5. The number of hydrogen-bond acceptors (Lipinski definition) is 3. The molecule has 4 nitrogen and oxygen atoms in total. The first kappa shape index (κ1) is 8.01. The molecule has 3 N–H and O–H groups in total. The average molecular weight is 169 g/mol. The van der Waals surface area contributed by atoms with Crippen molar-refractivity contribution in [3.8, 4) is 0 Å². The molecule has 4 heteroatoms. The van der Waals surface area contributed by atoms with Crippen LogP contribution in [0.3, 0.4) is 0 Å². The molecule has 0 aromatic heterocycles. The molecule has 2 aliphatic rings. The number of hydrazine groups is 1. The van der Waals surface area contributed by atoms with Gasteiger partial charge in [0.2, 0.25) is 5.91 Å². The number of hydrogen-bond donors (Lipinski definition) is 3. The molecule has 0 saturated carbocycles. The van der Waals surface area contributed by atoms with Gasteiger partial charge in [-0.1, -0.05) is 13.8 Å². The summed E-state index contributed by atoms with van der Waals surface area (Å²) in [7, 11) is 0. The number of nitrogens with one attached hydrogen (secondary N) is 3. The maximum Gasteiger partial charge on any atom is 0.227 e. The molecule has 12 heavy (non-hydrogen) atoms. The fraction of sp³-hybridized carbons (Fsp3) is 0.875. The third-order valence-electron chi connectivity index (χ3n) is 3.04. The minimum absolute atomic E-state index is 0.126. The van der Waals surface area contributed by atoms with Crippen LogP contribution >= 0.6 is 0 Å². The molecule has 2 atom stereocenters. The molecule has 0 radical (unpaired) electrons. The first-order chi connectivity index (χ1) is 5.62. The third-order valence-corrected chi connectivity index (χ3v) is 3.04. The van der Waals surface area contributed by atoms with Crippen LogP contribution in [0.25, 0.3) is 0 Å². The van der Waals surface area contributed by atoms with Crippen LogP contribution in [0, 0.1) is 11.3 Å². The van der Waals surface area contributed by atoms with Gasteiger partial charge in [-0.2, -0.15) is 0 Å². The summed E-state index contributed by atoms with van der Waals surface area (Å²) in [4.78, 5) is 11.5. The van der Waals surface area contributed by atoms with E-state index in [-0.39, 0.29) is 17.5 Å². The van der Waals surface area contributed by atoms with Gasteiger partial charge in [-0.3, -0.25) is 10.2 Å². The Kier molecular flexibility index (Phi) is 1.63. The molecule has 0 aromatic rings. The molecule has 2 heterocycles. The predicted octanol–water partition coefficient (Wildman–Crippen LogP) is -0.417. The van der Waals surface area contributed by atoms with Crippen LogP contribution in [0.2, 0.25) is 0 Å². The van der Waals surface area contributed by atoms with Gasteiger partial charge in [-0.25, -0.2) is 5.43 Å². The molecule has 2 unspecified atom stereocenters. The SMILES string of the molecule is CC1(C)C(=O)NC2NNCCC21. The lowest BCUT2D eigenvalue weighted by atomic mass is 9.78. The van der Waals surface area contributed by atoms with E-state index in [0.717, 1.165) is 13.0 Å². The van der Waals surface area contributed by atoms with Crippen LogP contribution in [0.5, 0.6) is 0 Å². The molecule has 2 saturated heterocycles. The smallest absolute Gasteiger partial charge is 0.227 e. The number of rotatable bonds is 0. The summed E-state index contributed by atoms with van der Waals surface area (Å²) >= 11 is 0. The van der Waals surface area contributed by atoms with Crippen molar-refractivity contribution >= 4 is 5.91 Å². The number of fused-ring (bicyclic) bond motifs is 1. The van der Waals surface area contributed by atoms with E-state index in [2.05, 4.69) is 16.2 Å².